The van der Waals surface area contributed by atoms with Gasteiger partial charge in [0.2, 0.25) is 0 Å². The van der Waals surface area contributed by atoms with Gasteiger partial charge < -0.3 is 9.88 Å². The van der Waals surface area contributed by atoms with E-state index in [0.29, 0.717) is 12.4 Å². The Morgan fingerprint density at radius 3 is 2.86 bits per heavy atom. The summed E-state index contributed by atoms with van der Waals surface area (Å²) in [4.78, 5) is 23.6. The van der Waals surface area contributed by atoms with Gasteiger partial charge in [-0.25, -0.2) is 4.68 Å². The lowest BCUT2D eigenvalue weighted by atomic mass is 10.3. The maximum absolute atomic E-state index is 12.1. The summed E-state index contributed by atoms with van der Waals surface area (Å²) in [5.41, 5.74) is 0.00439. The molecule has 0 saturated heterocycles. The molecule has 0 aromatic carbocycles. The zero-order valence-electron chi connectivity index (χ0n) is 12.1. The van der Waals surface area contributed by atoms with Gasteiger partial charge in [0.1, 0.15) is 12.0 Å². The van der Waals surface area contributed by atoms with Crippen molar-refractivity contribution in [1.29, 1.82) is 0 Å². The molecular formula is C13H18N6O2. The quantitative estimate of drug-likeness (QED) is 0.819. The van der Waals surface area contributed by atoms with Crippen molar-refractivity contribution in [2.45, 2.75) is 39.9 Å². The Morgan fingerprint density at radius 2 is 2.14 bits per heavy atom. The van der Waals surface area contributed by atoms with Crippen LogP contribution in [0, 0.1) is 0 Å². The highest BCUT2D eigenvalue weighted by Crippen LogP contribution is 1.97. The number of nitrogens with one attached hydrogen (secondary N) is 1. The number of amides is 1. The Bertz CT molecular complexity index is 675. The fraction of sp³-hybridized carbons (Fsp3) is 0.462. The third kappa shape index (κ3) is 3.53. The Balaban J connectivity index is 2.07. The monoisotopic (exact) mass is 290 g/mol. The summed E-state index contributed by atoms with van der Waals surface area (Å²) in [5.74, 6) is 0.332. The van der Waals surface area contributed by atoms with Crippen molar-refractivity contribution in [2.75, 3.05) is 0 Å². The van der Waals surface area contributed by atoms with E-state index in [1.807, 2.05) is 18.4 Å². The zero-order valence-corrected chi connectivity index (χ0v) is 12.1. The van der Waals surface area contributed by atoms with Gasteiger partial charge in [0.25, 0.3) is 11.5 Å². The molecule has 1 N–H and O–H groups in total. The lowest BCUT2D eigenvalue weighted by Crippen LogP contribution is -2.30. The first kappa shape index (κ1) is 14.9. The predicted molar refractivity (Wildman–Crippen MR) is 75.7 cm³/mol. The second kappa shape index (κ2) is 6.78. The molecule has 2 aromatic rings. The van der Waals surface area contributed by atoms with Crippen molar-refractivity contribution in [3.05, 3.63) is 40.3 Å². The molecule has 112 valence electrons. The van der Waals surface area contributed by atoms with E-state index in [2.05, 4.69) is 20.6 Å². The molecule has 0 aliphatic heterocycles. The molecule has 0 aliphatic rings. The highest BCUT2D eigenvalue weighted by Gasteiger charge is 2.11. The molecule has 21 heavy (non-hydrogen) atoms. The topological polar surface area (TPSA) is 94.7 Å². The SMILES string of the molecule is CCCn1nc(C(=O)NCc2nncn2CC)ccc1=O. The average molecular weight is 290 g/mol. The van der Waals surface area contributed by atoms with E-state index < -0.39 is 0 Å². The van der Waals surface area contributed by atoms with Gasteiger partial charge in [0, 0.05) is 19.2 Å². The number of nitrogens with zero attached hydrogens (tertiary/aromatic N) is 5. The summed E-state index contributed by atoms with van der Waals surface area (Å²) in [6.07, 6.45) is 2.39. The molecule has 2 rings (SSSR count). The number of aromatic nitrogens is 5. The van der Waals surface area contributed by atoms with E-state index in [4.69, 9.17) is 0 Å². The van der Waals surface area contributed by atoms with Gasteiger partial charge in [-0.1, -0.05) is 6.92 Å². The number of aryl methyl sites for hydroxylation is 2. The fourth-order valence-electron chi connectivity index (χ4n) is 1.87. The van der Waals surface area contributed by atoms with Crippen molar-refractivity contribution in [3.8, 4) is 0 Å². The molecule has 2 heterocycles. The van der Waals surface area contributed by atoms with Crippen molar-refractivity contribution < 1.29 is 4.79 Å². The van der Waals surface area contributed by atoms with E-state index in [-0.39, 0.29) is 23.7 Å². The summed E-state index contributed by atoms with van der Waals surface area (Å²) in [6, 6.07) is 2.78. The van der Waals surface area contributed by atoms with Crippen LogP contribution < -0.4 is 10.9 Å². The molecule has 0 spiro atoms. The van der Waals surface area contributed by atoms with Gasteiger partial charge in [-0.05, 0) is 19.4 Å². The fourth-order valence-corrected chi connectivity index (χ4v) is 1.87. The summed E-state index contributed by atoms with van der Waals surface area (Å²) in [5, 5.41) is 14.5. The van der Waals surface area contributed by atoms with Gasteiger partial charge >= 0.3 is 0 Å². The molecule has 0 bridgehead atoms. The zero-order chi connectivity index (χ0) is 15.2. The van der Waals surface area contributed by atoms with Gasteiger partial charge in [-0.15, -0.1) is 10.2 Å². The Kier molecular flexibility index (Phi) is 4.81. The van der Waals surface area contributed by atoms with Crippen LogP contribution in [-0.2, 0) is 19.6 Å². The van der Waals surface area contributed by atoms with Crippen molar-refractivity contribution in [3.63, 3.8) is 0 Å². The summed E-state index contributed by atoms with van der Waals surface area (Å²) in [6.45, 7) is 5.40. The lowest BCUT2D eigenvalue weighted by molar-refractivity contribution is 0.0942. The highest BCUT2D eigenvalue weighted by molar-refractivity contribution is 5.91. The Hall–Kier alpha value is -2.51. The van der Waals surface area contributed by atoms with Gasteiger partial charge in [-0.2, -0.15) is 5.10 Å². The van der Waals surface area contributed by atoms with Crippen molar-refractivity contribution in [2.24, 2.45) is 0 Å². The largest absolute Gasteiger partial charge is 0.343 e. The number of hydrogen-bond acceptors (Lipinski definition) is 5. The van der Waals surface area contributed by atoms with E-state index in [1.54, 1.807) is 6.33 Å². The van der Waals surface area contributed by atoms with Crippen LogP contribution in [0.3, 0.4) is 0 Å². The second-order valence-electron chi connectivity index (χ2n) is 4.50. The van der Waals surface area contributed by atoms with Crippen LogP contribution in [-0.4, -0.2) is 30.5 Å². The predicted octanol–water partition coefficient (Wildman–Crippen LogP) is 0.195. The number of carbonyl (C=O) groups is 1. The highest BCUT2D eigenvalue weighted by atomic mass is 16.2. The maximum atomic E-state index is 12.1. The second-order valence-corrected chi connectivity index (χ2v) is 4.50. The third-order valence-electron chi connectivity index (χ3n) is 2.98. The molecule has 0 fully saturated rings. The standard InChI is InChI=1S/C13H18N6O2/c1-3-7-19-12(20)6-5-10(17-19)13(21)14-8-11-16-15-9-18(11)4-2/h5-6,9H,3-4,7-8H2,1-2H3,(H,14,21). The van der Waals surface area contributed by atoms with Gasteiger partial charge in [0.05, 0.1) is 6.54 Å². The van der Waals surface area contributed by atoms with Crippen LogP contribution in [0.25, 0.3) is 0 Å². The number of rotatable bonds is 6. The molecule has 8 nitrogen and oxygen atoms in total. The van der Waals surface area contributed by atoms with Crippen LogP contribution in [0.1, 0.15) is 36.6 Å². The molecular weight excluding hydrogens is 272 g/mol. The van der Waals surface area contributed by atoms with Crippen LogP contribution in [0.4, 0.5) is 0 Å². The molecule has 0 atom stereocenters. The van der Waals surface area contributed by atoms with Crippen molar-refractivity contribution in [1.82, 2.24) is 29.9 Å². The lowest BCUT2D eigenvalue weighted by Gasteiger charge is -2.07. The summed E-state index contributed by atoms with van der Waals surface area (Å²) >= 11 is 0. The molecule has 2 aromatic heterocycles. The summed E-state index contributed by atoms with van der Waals surface area (Å²) < 4.78 is 3.13. The maximum Gasteiger partial charge on any atom is 0.272 e. The van der Waals surface area contributed by atoms with E-state index in [9.17, 15) is 9.59 Å². The minimum Gasteiger partial charge on any atom is -0.343 e. The van der Waals surface area contributed by atoms with Crippen molar-refractivity contribution >= 4 is 5.91 Å². The first-order chi connectivity index (χ1) is 10.2. The average Bonchev–Trinajstić information content (AvgIpc) is 2.94. The van der Waals surface area contributed by atoms with Gasteiger partial charge in [0.15, 0.2) is 5.82 Å². The minimum atomic E-state index is -0.342. The normalized spacial score (nSPS) is 10.6. The minimum absolute atomic E-state index is 0.209. The van der Waals surface area contributed by atoms with Crippen LogP contribution >= 0.6 is 0 Å². The molecule has 0 radical (unpaired) electrons. The summed E-state index contributed by atoms with van der Waals surface area (Å²) in [7, 11) is 0. The third-order valence-corrected chi connectivity index (χ3v) is 2.98. The molecule has 0 unspecified atom stereocenters. The first-order valence-corrected chi connectivity index (χ1v) is 6.88. The molecule has 0 aliphatic carbocycles. The Labute approximate surface area is 121 Å². The molecule has 8 heteroatoms. The number of carbonyl (C=O) groups excluding carboxylic acids is 1. The first-order valence-electron chi connectivity index (χ1n) is 6.88. The molecule has 1 amide bonds. The molecule has 0 saturated carbocycles. The number of hydrogen-bond donors (Lipinski definition) is 1. The Morgan fingerprint density at radius 1 is 1.33 bits per heavy atom. The van der Waals surface area contributed by atoms with Gasteiger partial charge in [-0.3, -0.25) is 9.59 Å². The van der Waals surface area contributed by atoms with E-state index in [0.717, 1.165) is 13.0 Å². The smallest absolute Gasteiger partial charge is 0.272 e. The van der Waals surface area contributed by atoms with E-state index >= 15 is 0 Å². The van der Waals surface area contributed by atoms with Crippen LogP contribution in [0.2, 0.25) is 0 Å². The van der Waals surface area contributed by atoms with Crippen LogP contribution in [0.15, 0.2) is 23.3 Å². The van der Waals surface area contributed by atoms with E-state index in [1.165, 1.54) is 16.8 Å². The van der Waals surface area contributed by atoms with Crippen LogP contribution in [0.5, 0.6) is 0 Å².